The Balaban J connectivity index is 1.49. The van der Waals surface area contributed by atoms with Crippen LogP contribution in [0, 0.1) is 0 Å². The summed E-state index contributed by atoms with van der Waals surface area (Å²) in [5.74, 6) is 0.108. The van der Waals surface area contributed by atoms with Crippen LogP contribution in [0.4, 0.5) is 0 Å². The Morgan fingerprint density at radius 2 is 1.60 bits per heavy atom. The summed E-state index contributed by atoms with van der Waals surface area (Å²) < 4.78 is 0. The van der Waals surface area contributed by atoms with Gasteiger partial charge in [-0.15, -0.1) is 0 Å². The molecule has 2 heterocycles. The second-order valence-corrected chi connectivity index (χ2v) is 11.4. The molecule has 5 aromatic rings. The smallest absolute Gasteiger partial charge is 0.261 e. The van der Waals surface area contributed by atoms with Gasteiger partial charge in [-0.3, -0.25) is 9.59 Å². The van der Waals surface area contributed by atoms with E-state index < -0.39 is 0 Å². The van der Waals surface area contributed by atoms with Crippen molar-refractivity contribution in [1.82, 2.24) is 15.0 Å². The molecule has 3 aromatic carbocycles. The van der Waals surface area contributed by atoms with Crippen LogP contribution < -0.4 is 5.56 Å². The molecular weight excluding hydrogens is 561 g/mol. The minimum absolute atomic E-state index is 0.0400. The maximum Gasteiger partial charge on any atom is 0.261 e. The van der Waals surface area contributed by atoms with Crippen molar-refractivity contribution in [1.29, 1.82) is 0 Å². The molecule has 1 aliphatic rings. The predicted molar refractivity (Wildman–Crippen MR) is 164 cm³/mol. The maximum atomic E-state index is 13.6. The molecule has 2 aromatic heterocycles. The van der Waals surface area contributed by atoms with Gasteiger partial charge in [0.2, 0.25) is 0 Å². The Morgan fingerprint density at radius 1 is 0.900 bits per heavy atom. The van der Waals surface area contributed by atoms with Crippen molar-refractivity contribution in [2.75, 3.05) is 5.75 Å². The van der Waals surface area contributed by atoms with Crippen molar-refractivity contribution >= 4 is 63.4 Å². The van der Waals surface area contributed by atoms with E-state index in [1.165, 1.54) is 11.8 Å². The summed E-state index contributed by atoms with van der Waals surface area (Å²) in [5, 5.41) is 2.09. The molecule has 1 N–H and O–H groups in total. The minimum atomic E-state index is -0.284. The lowest BCUT2D eigenvalue weighted by atomic mass is 9.84. The van der Waals surface area contributed by atoms with Crippen LogP contribution in [0.15, 0.2) is 88.8 Å². The highest BCUT2D eigenvalue weighted by Crippen LogP contribution is 2.40. The number of carbonyl (C=O) groups is 1. The van der Waals surface area contributed by atoms with E-state index in [4.69, 9.17) is 33.2 Å². The molecule has 0 unspecified atom stereocenters. The second-order valence-electron chi connectivity index (χ2n) is 9.54. The van der Waals surface area contributed by atoms with Gasteiger partial charge < -0.3 is 4.98 Å². The van der Waals surface area contributed by atoms with Gasteiger partial charge in [0.1, 0.15) is 0 Å². The highest BCUT2D eigenvalue weighted by molar-refractivity contribution is 7.99. The zero-order valence-electron chi connectivity index (χ0n) is 21.3. The molecule has 0 spiro atoms. The Kier molecular flexibility index (Phi) is 7.57. The van der Waals surface area contributed by atoms with Crippen LogP contribution >= 0.6 is 35.0 Å². The molecule has 40 heavy (non-hydrogen) atoms. The van der Waals surface area contributed by atoms with E-state index in [-0.39, 0.29) is 17.1 Å². The molecule has 0 saturated carbocycles. The molecular formula is C32H23Cl2N3O2S. The zero-order chi connectivity index (χ0) is 27.6. The molecule has 8 heteroatoms. The van der Waals surface area contributed by atoms with Crippen molar-refractivity contribution in [2.45, 2.75) is 24.4 Å². The monoisotopic (exact) mass is 583 g/mol. The van der Waals surface area contributed by atoms with Gasteiger partial charge in [0.05, 0.1) is 16.8 Å². The van der Waals surface area contributed by atoms with Gasteiger partial charge in [-0.1, -0.05) is 89.6 Å². The van der Waals surface area contributed by atoms with Crippen LogP contribution in [0.2, 0.25) is 10.0 Å². The van der Waals surface area contributed by atoms with E-state index in [0.717, 1.165) is 52.8 Å². The van der Waals surface area contributed by atoms with Crippen molar-refractivity contribution < 1.29 is 4.79 Å². The van der Waals surface area contributed by atoms with E-state index >= 15 is 0 Å². The number of carbonyl (C=O) groups excluding carboxylic acids is 1. The first-order valence-electron chi connectivity index (χ1n) is 12.9. The Hall–Kier alpha value is -3.71. The third-order valence-electron chi connectivity index (χ3n) is 6.89. The van der Waals surface area contributed by atoms with E-state index in [9.17, 15) is 9.59 Å². The normalized spacial score (nSPS) is 13.9. The average molecular weight is 585 g/mol. The highest BCUT2D eigenvalue weighted by Gasteiger charge is 2.25. The number of H-pyrrole nitrogens is 1. The molecule has 198 valence electrons. The average Bonchev–Trinajstić information content (AvgIpc) is 2.97. The summed E-state index contributed by atoms with van der Waals surface area (Å²) in [7, 11) is 0. The van der Waals surface area contributed by atoms with Crippen molar-refractivity contribution in [3.63, 3.8) is 0 Å². The zero-order valence-corrected chi connectivity index (χ0v) is 23.6. The largest absolute Gasteiger partial charge is 0.301 e. The molecule has 0 radical (unpaired) electrons. The van der Waals surface area contributed by atoms with Gasteiger partial charge in [0, 0.05) is 21.2 Å². The maximum absolute atomic E-state index is 13.6. The lowest BCUT2D eigenvalue weighted by Gasteiger charge is -2.23. The third-order valence-corrected chi connectivity index (χ3v) is 8.27. The quantitative estimate of drug-likeness (QED) is 0.124. The number of nitrogens with one attached hydrogen (secondary N) is 1. The molecule has 5 nitrogen and oxygen atoms in total. The predicted octanol–water partition coefficient (Wildman–Crippen LogP) is 8.14. The highest BCUT2D eigenvalue weighted by atomic mass is 35.5. The van der Waals surface area contributed by atoms with Crippen LogP contribution in [-0.2, 0) is 6.42 Å². The minimum Gasteiger partial charge on any atom is -0.301 e. The number of allylic oxidation sites excluding steroid dienone is 1. The molecule has 1 aliphatic carbocycles. The van der Waals surface area contributed by atoms with Gasteiger partial charge in [-0.05, 0) is 71.9 Å². The fraction of sp³-hybridized carbons (Fsp3) is 0.125. The number of hydrogen-bond donors (Lipinski definition) is 1. The van der Waals surface area contributed by atoms with E-state index in [2.05, 4.69) is 11.1 Å². The standard InChI is InChI=1S/C32H23Cl2N3O2S/c33-23-13-9-19(10-14-23)17-22-7-4-8-25-27(21-11-15-24(34)16-12-21)28-30(35-29(22)25)36-32(37-31(28)39)40-18-26(38)20-5-2-1-3-6-20/h1-3,5-6,9-17H,4,7-8,18H2,(H,35,36,37,39)/b22-17+. The van der Waals surface area contributed by atoms with Crippen molar-refractivity contribution in [3.05, 3.63) is 122 Å². The van der Waals surface area contributed by atoms with E-state index in [0.29, 0.717) is 31.8 Å². The van der Waals surface area contributed by atoms with Crippen molar-refractivity contribution in [2.24, 2.45) is 0 Å². The van der Waals surface area contributed by atoms with Crippen LogP contribution in [0.25, 0.3) is 33.8 Å². The van der Waals surface area contributed by atoms with Crippen LogP contribution in [0.3, 0.4) is 0 Å². The number of halogens is 2. The number of thioether (sulfide) groups is 1. The van der Waals surface area contributed by atoms with Gasteiger partial charge in [0.25, 0.3) is 5.56 Å². The van der Waals surface area contributed by atoms with E-state index in [1.807, 2.05) is 66.7 Å². The van der Waals surface area contributed by atoms with Crippen molar-refractivity contribution in [3.8, 4) is 11.1 Å². The summed E-state index contributed by atoms with van der Waals surface area (Å²) in [6.07, 6.45) is 4.70. The Morgan fingerprint density at radius 3 is 2.33 bits per heavy atom. The molecule has 0 saturated heterocycles. The number of aromatic amines is 1. The fourth-order valence-electron chi connectivity index (χ4n) is 5.02. The van der Waals surface area contributed by atoms with Crippen LogP contribution in [0.5, 0.6) is 0 Å². The topological polar surface area (TPSA) is 75.7 Å². The first-order valence-corrected chi connectivity index (χ1v) is 14.6. The summed E-state index contributed by atoms with van der Waals surface area (Å²) in [6.45, 7) is 0. The first kappa shape index (κ1) is 26.5. The molecule has 0 atom stereocenters. The summed E-state index contributed by atoms with van der Waals surface area (Å²) in [4.78, 5) is 38.9. The van der Waals surface area contributed by atoms with Crippen LogP contribution in [-0.4, -0.2) is 26.5 Å². The Bertz CT molecular complexity index is 1820. The Labute approximate surface area is 245 Å². The molecule has 6 rings (SSSR count). The van der Waals surface area contributed by atoms with Gasteiger partial charge >= 0.3 is 0 Å². The number of Topliss-reactive ketones (excluding diaryl/α,β-unsaturated/α-hetero) is 1. The molecule has 0 bridgehead atoms. The molecule has 0 amide bonds. The number of benzene rings is 3. The first-order chi connectivity index (χ1) is 19.5. The third kappa shape index (κ3) is 5.48. The van der Waals surface area contributed by atoms with E-state index in [1.54, 1.807) is 12.1 Å². The fourth-order valence-corrected chi connectivity index (χ4v) is 6.02. The second kappa shape index (κ2) is 11.4. The summed E-state index contributed by atoms with van der Waals surface area (Å²) in [6, 6.07) is 24.3. The number of fused-ring (bicyclic) bond motifs is 2. The van der Waals surface area contributed by atoms with Crippen LogP contribution in [0.1, 0.15) is 40.0 Å². The SMILES string of the molecule is O=C(CSc1nc2nc3c(c(-c4ccc(Cl)cc4)c2c(=O)[nH]1)CCC/C3=C\c1ccc(Cl)cc1)c1ccccc1. The lowest BCUT2D eigenvalue weighted by molar-refractivity contribution is 0.102. The number of rotatable bonds is 6. The number of nitrogens with zero attached hydrogens (tertiary/aromatic N) is 2. The lowest BCUT2D eigenvalue weighted by Crippen LogP contribution is -2.16. The van der Waals surface area contributed by atoms with Gasteiger partial charge in [0.15, 0.2) is 16.6 Å². The molecule has 0 fully saturated rings. The van der Waals surface area contributed by atoms with Gasteiger partial charge in [-0.2, -0.15) is 0 Å². The number of hydrogen-bond acceptors (Lipinski definition) is 5. The number of ketones is 1. The molecule has 0 aliphatic heterocycles. The van der Waals surface area contributed by atoms with Gasteiger partial charge in [-0.25, -0.2) is 9.97 Å². The summed E-state index contributed by atoms with van der Waals surface area (Å²) in [5.41, 5.74) is 6.36. The summed E-state index contributed by atoms with van der Waals surface area (Å²) >= 11 is 13.5. The number of pyridine rings is 1. The number of aromatic nitrogens is 3.